The third kappa shape index (κ3) is 8.53. The summed E-state index contributed by atoms with van der Waals surface area (Å²) in [5.41, 5.74) is 0. The number of carboxylic acid groups (broad SMARTS) is 1. The SMILES string of the molecule is CC(C)C(C)NC(=O)CN1CCCC(N(C)CC(=O)O)CC1.Cl. The number of aliphatic carboxylic acids is 1. The van der Waals surface area contributed by atoms with Crippen LogP contribution in [0, 0.1) is 5.92 Å². The summed E-state index contributed by atoms with van der Waals surface area (Å²) in [7, 11) is 1.87. The number of carbonyl (C=O) groups is 2. The van der Waals surface area contributed by atoms with Crippen LogP contribution in [0.25, 0.3) is 0 Å². The summed E-state index contributed by atoms with van der Waals surface area (Å²) in [5.74, 6) is -0.272. The van der Waals surface area contributed by atoms with Gasteiger partial charge in [-0.25, -0.2) is 0 Å². The molecule has 0 aliphatic carbocycles. The van der Waals surface area contributed by atoms with Crippen molar-refractivity contribution in [2.24, 2.45) is 5.92 Å². The van der Waals surface area contributed by atoms with Crippen molar-refractivity contribution < 1.29 is 14.7 Å². The highest BCUT2D eigenvalue weighted by atomic mass is 35.5. The molecule has 7 heteroatoms. The van der Waals surface area contributed by atoms with E-state index >= 15 is 0 Å². The van der Waals surface area contributed by atoms with Crippen LogP contribution in [0.3, 0.4) is 0 Å². The Morgan fingerprint density at radius 1 is 1.26 bits per heavy atom. The first-order valence-corrected chi connectivity index (χ1v) is 8.23. The highest BCUT2D eigenvalue weighted by Gasteiger charge is 2.23. The van der Waals surface area contributed by atoms with E-state index in [1.54, 1.807) is 0 Å². The van der Waals surface area contributed by atoms with Crippen LogP contribution < -0.4 is 5.32 Å². The van der Waals surface area contributed by atoms with E-state index in [9.17, 15) is 9.59 Å². The lowest BCUT2D eigenvalue weighted by Gasteiger charge is -2.26. The van der Waals surface area contributed by atoms with Gasteiger partial charge in [0.05, 0.1) is 13.1 Å². The van der Waals surface area contributed by atoms with Gasteiger partial charge in [0, 0.05) is 18.6 Å². The Kier molecular flexibility index (Phi) is 10.4. The molecule has 0 radical (unpaired) electrons. The van der Waals surface area contributed by atoms with Gasteiger partial charge in [-0.15, -0.1) is 12.4 Å². The fourth-order valence-electron chi connectivity index (χ4n) is 2.75. The molecule has 1 aliphatic rings. The van der Waals surface area contributed by atoms with Gasteiger partial charge < -0.3 is 10.4 Å². The number of halogens is 1. The standard InChI is InChI=1S/C16H31N3O3.ClH/c1-12(2)13(3)17-15(20)10-19-8-5-6-14(7-9-19)18(4)11-16(21)22;/h12-14H,5-11H2,1-4H3,(H,17,20)(H,21,22);1H. The van der Waals surface area contributed by atoms with E-state index < -0.39 is 5.97 Å². The second kappa shape index (κ2) is 10.8. The van der Waals surface area contributed by atoms with Crippen molar-refractivity contribution in [2.75, 3.05) is 33.2 Å². The molecule has 1 heterocycles. The quantitative estimate of drug-likeness (QED) is 0.727. The van der Waals surface area contributed by atoms with Crippen molar-refractivity contribution >= 4 is 24.3 Å². The molecule has 0 aromatic heterocycles. The molecule has 1 rings (SSSR count). The minimum Gasteiger partial charge on any atom is -0.480 e. The lowest BCUT2D eigenvalue weighted by Crippen LogP contribution is -2.43. The molecule has 23 heavy (non-hydrogen) atoms. The molecule has 0 saturated carbocycles. The fourth-order valence-corrected chi connectivity index (χ4v) is 2.75. The molecule has 0 aromatic rings. The second-order valence-corrected chi connectivity index (χ2v) is 6.77. The maximum atomic E-state index is 12.1. The normalized spacial score (nSPS) is 20.7. The zero-order valence-corrected chi connectivity index (χ0v) is 15.6. The molecule has 6 nitrogen and oxygen atoms in total. The molecule has 1 fully saturated rings. The summed E-state index contributed by atoms with van der Waals surface area (Å²) in [6.45, 7) is 8.49. The number of carbonyl (C=O) groups excluding carboxylic acids is 1. The fraction of sp³-hybridized carbons (Fsp3) is 0.875. The van der Waals surface area contributed by atoms with Crippen molar-refractivity contribution in [3.8, 4) is 0 Å². The first kappa shape index (κ1) is 22.1. The lowest BCUT2D eigenvalue weighted by molar-refractivity contribution is -0.138. The molecule has 0 bridgehead atoms. The summed E-state index contributed by atoms with van der Waals surface area (Å²) in [5, 5.41) is 11.9. The van der Waals surface area contributed by atoms with Crippen LogP contribution in [-0.4, -0.2) is 72.1 Å². The first-order chi connectivity index (χ1) is 10.3. The number of nitrogens with zero attached hydrogens (tertiary/aromatic N) is 2. The molecule has 136 valence electrons. The Labute approximate surface area is 146 Å². The highest BCUT2D eigenvalue weighted by Crippen LogP contribution is 2.15. The van der Waals surface area contributed by atoms with E-state index in [0.29, 0.717) is 18.5 Å². The molecule has 2 atom stereocenters. The Bertz CT molecular complexity index is 380. The van der Waals surface area contributed by atoms with Gasteiger partial charge in [-0.1, -0.05) is 13.8 Å². The summed E-state index contributed by atoms with van der Waals surface area (Å²) in [4.78, 5) is 26.9. The average Bonchev–Trinajstić information content (AvgIpc) is 2.63. The van der Waals surface area contributed by atoms with Gasteiger partial charge in [-0.3, -0.25) is 19.4 Å². The number of carboxylic acids is 1. The number of amides is 1. The molecule has 0 aromatic carbocycles. The number of likely N-dealkylation sites (N-methyl/N-ethyl adjacent to an activating group) is 1. The van der Waals surface area contributed by atoms with Crippen molar-refractivity contribution in [3.63, 3.8) is 0 Å². The van der Waals surface area contributed by atoms with Crippen molar-refractivity contribution in [1.29, 1.82) is 0 Å². The molecular formula is C16H32ClN3O3. The lowest BCUT2D eigenvalue weighted by atomic mass is 10.1. The minimum atomic E-state index is -0.786. The predicted molar refractivity (Wildman–Crippen MR) is 94.0 cm³/mol. The third-order valence-electron chi connectivity index (χ3n) is 4.55. The van der Waals surface area contributed by atoms with Crippen LogP contribution in [0.1, 0.15) is 40.0 Å². The van der Waals surface area contributed by atoms with Gasteiger partial charge in [0.1, 0.15) is 0 Å². The van der Waals surface area contributed by atoms with Crippen LogP contribution in [0.15, 0.2) is 0 Å². The summed E-state index contributed by atoms with van der Waals surface area (Å²) in [6, 6.07) is 0.479. The second-order valence-electron chi connectivity index (χ2n) is 6.77. The van der Waals surface area contributed by atoms with Crippen LogP contribution in [0.2, 0.25) is 0 Å². The van der Waals surface area contributed by atoms with E-state index in [0.717, 1.165) is 32.4 Å². The zero-order chi connectivity index (χ0) is 16.7. The van der Waals surface area contributed by atoms with E-state index in [1.165, 1.54) is 0 Å². The maximum absolute atomic E-state index is 12.1. The number of likely N-dealkylation sites (tertiary alicyclic amines) is 1. The molecule has 2 unspecified atom stereocenters. The monoisotopic (exact) mass is 349 g/mol. The smallest absolute Gasteiger partial charge is 0.317 e. The van der Waals surface area contributed by atoms with Gasteiger partial charge in [-0.05, 0) is 45.7 Å². The van der Waals surface area contributed by atoms with Crippen LogP contribution in [-0.2, 0) is 9.59 Å². The molecule has 0 spiro atoms. The molecule has 1 aliphatic heterocycles. The Morgan fingerprint density at radius 2 is 1.91 bits per heavy atom. The van der Waals surface area contributed by atoms with Crippen LogP contribution in [0.5, 0.6) is 0 Å². The highest BCUT2D eigenvalue weighted by molar-refractivity contribution is 5.85. The van der Waals surface area contributed by atoms with E-state index in [-0.39, 0.29) is 30.9 Å². The first-order valence-electron chi connectivity index (χ1n) is 8.23. The number of rotatable bonds is 7. The molecule has 2 N–H and O–H groups in total. The van der Waals surface area contributed by atoms with Gasteiger partial charge in [-0.2, -0.15) is 0 Å². The molecular weight excluding hydrogens is 318 g/mol. The van der Waals surface area contributed by atoms with Gasteiger partial charge in [0.15, 0.2) is 0 Å². The average molecular weight is 350 g/mol. The molecule has 1 saturated heterocycles. The number of hydrogen-bond acceptors (Lipinski definition) is 4. The molecule has 1 amide bonds. The third-order valence-corrected chi connectivity index (χ3v) is 4.55. The largest absolute Gasteiger partial charge is 0.480 e. The van der Waals surface area contributed by atoms with E-state index in [4.69, 9.17) is 5.11 Å². The van der Waals surface area contributed by atoms with Crippen molar-refractivity contribution in [2.45, 2.75) is 52.1 Å². The van der Waals surface area contributed by atoms with Crippen LogP contribution >= 0.6 is 12.4 Å². The van der Waals surface area contributed by atoms with Crippen LogP contribution in [0.4, 0.5) is 0 Å². The van der Waals surface area contributed by atoms with Gasteiger partial charge in [0.2, 0.25) is 5.91 Å². The van der Waals surface area contributed by atoms with Crippen molar-refractivity contribution in [1.82, 2.24) is 15.1 Å². The van der Waals surface area contributed by atoms with Gasteiger partial charge in [0.25, 0.3) is 0 Å². The topological polar surface area (TPSA) is 72.9 Å². The van der Waals surface area contributed by atoms with Crippen molar-refractivity contribution in [3.05, 3.63) is 0 Å². The van der Waals surface area contributed by atoms with E-state index in [2.05, 4.69) is 24.1 Å². The minimum absolute atomic E-state index is 0. The summed E-state index contributed by atoms with van der Waals surface area (Å²) < 4.78 is 0. The predicted octanol–water partition coefficient (Wildman–Crippen LogP) is 1.44. The number of nitrogens with one attached hydrogen (secondary N) is 1. The van der Waals surface area contributed by atoms with E-state index in [1.807, 2.05) is 18.9 Å². The zero-order valence-electron chi connectivity index (χ0n) is 14.7. The van der Waals surface area contributed by atoms with Gasteiger partial charge >= 0.3 is 5.97 Å². The Hall–Kier alpha value is -0.850. The Balaban J connectivity index is 0.00000484. The number of hydrogen-bond donors (Lipinski definition) is 2. The Morgan fingerprint density at radius 3 is 2.48 bits per heavy atom. The maximum Gasteiger partial charge on any atom is 0.317 e. The summed E-state index contributed by atoms with van der Waals surface area (Å²) >= 11 is 0. The summed E-state index contributed by atoms with van der Waals surface area (Å²) in [6.07, 6.45) is 2.91.